The number of rotatable bonds is 6. The molecule has 1 aromatic rings. The molecule has 0 aliphatic carbocycles. The first kappa shape index (κ1) is 16.1. The standard InChI is InChI=1S/C14H17F2NO3/c1-9(2)7-17(8-14(19)20)13(18)6-10-5-11(15)3-4-12(10)16/h3-5,9H,6-8H2,1-2H3,(H,19,20). The highest BCUT2D eigenvalue weighted by Gasteiger charge is 2.19. The summed E-state index contributed by atoms with van der Waals surface area (Å²) in [5.74, 6) is -2.91. The van der Waals surface area contributed by atoms with Crippen molar-refractivity contribution in [2.45, 2.75) is 20.3 Å². The van der Waals surface area contributed by atoms with Crippen molar-refractivity contribution in [3.63, 3.8) is 0 Å². The molecule has 0 radical (unpaired) electrons. The predicted octanol–water partition coefficient (Wildman–Crippen LogP) is 2.08. The first-order chi connectivity index (χ1) is 9.29. The number of carboxylic acid groups (broad SMARTS) is 1. The second-order valence-electron chi connectivity index (χ2n) is 4.97. The van der Waals surface area contributed by atoms with E-state index in [2.05, 4.69) is 0 Å². The maximum absolute atomic E-state index is 13.5. The molecule has 0 saturated heterocycles. The van der Waals surface area contributed by atoms with Gasteiger partial charge in [-0.2, -0.15) is 0 Å². The molecule has 20 heavy (non-hydrogen) atoms. The summed E-state index contributed by atoms with van der Waals surface area (Å²) in [6.45, 7) is 3.48. The van der Waals surface area contributed by atoms with Gasteiger partial charge in [0.1, 0.15) is 18.2 Å². The Kier molecular flexibility index (Phi) is 5.61. The normalized spacial score (nSPS) is 10.7. The van der Waals surface area contributed by atoms with Crippen LogP contribution in [0.1, 0.15) is 19.4 Å². The fourth-order valence-corrected chi connectivity index (χ4v) is 1.81. The quantitative estimate of drug-likeness (QED) is 0.870. The van der Waals surface area contributed by atoms with Crippen LogP contribution in [0.15, 0.2) is 18.2 Å². The van der Waals surface area contributed by atoms with Gasteiger partial charge in [-0.1, -0.05) is 13.8 Å². The average molecular weight is 285 g/mol. The number of amides is 1. The van der Waals surface area contributed by atoms with E-state index in [1.165, 1.54) is 0 Å². The van der Waals surface area contributed by atoms with E-state index in [1.807, 2.05) is 13.8 Å². The van der Waals surface area contributed by atoms with Crippen LogP contribution in [-0.4, -0.2) is 35.0 Å². The first-order valence-electron chi connectivity index (χ1n) is 6.23. The monoisotopic (exact) mass is 285 g/mol. The number of nitrogens with zero attached hydrogens (tertiary/aromatic N) is 1. The van der Waals surface area contributed by atoms with Crippen LogP contribution in [0, 0.1) is 17.6 Å². The number of carbonyl (C=O) groups is 2. The first-order valence-corrected chi connectivity index (χ1v) is 6.23. The summed E-state index contributed by atoms with van der Waals surface area (Å²) < 4.78 is 26.5. The third-order valence-electron chi connectivity index (χ3n) is 2.61. The van der Waals surface area contributed by atoms with Gasteiger partial charge in [0.05, 0.1) is 6.42 Å². The van der Waals surface area contributed by atoms with Crippen molar-refractivity contribution in [2.24, 2.45) is 5.92 Å². The minimum Gasteiger partial charge on any atom is -0.480 e. The number of carbonyl (C=O) groups excluding carboxylic acids is 1. The summed E-state index contributed by atoms with van der Waals surface area (Å²) in [5.41, 5.74) is -0.0749. The number of aliphatic carboxylic acids is 1. The molecule has 0 aromatic heterocycles. The number of hydrogen-bond acceptors (Lipinski definition) is 2. The molecule has 4 nitrogen and oxygen atoms in total. The highest BCUT2D eigenvalue weighted by atomic mass is 19.1. The third kappa shape index (κ3) is 4.95. The molecule has 0 heterocycles. The van der Waals surface area contributed by atoms with Crippen molar-refractivity contribution in [1.29, 1.82) is 0 Å². The molecule has 0 unspecified atom stereocenters. The predicted molar refractivity (Wildman–Crippen MR) is 69.1 cm³/mol. The lowest BCUT2D eigenvalue weighted by Gasteiger charge is -2.22. The van der Waals surface area contributed by atoms with E-state index in [4.69, 9.17) is 5.11 Å². The fourth-order valence-electron chi connectivity index (χ4n) is 1.81. The zero-order valence-corrected chi connectivity index (χ0v) is 11.4. The van der Waals surface area contributed by atoms with Gasteiger partial charge in [-0.3, -0.25) is 9.59 Å². The molecule has 6 heteroatoms. The van der Waals surface area contributed by atoms with Gasteiger partial charge >= 0.3 is 5.97 Å². The van der Waals surface area contributed by atoms with Crippen LogP contribution in [0.5, 0.6) is 0 Å². The molecule has 1 aromatic carbocycles. The van der Waals surface area contributed by atoms with Crippen LogP contribution < -0.4 is 0 Å². The second-order valence-corrected chi connectivity index (χ2v) is 4.97. The molecular formula is C14H17F2NO3. The van der Waals surface area contributed by atoms with Crippen LogP contribution in [-0.2, 0) is 16.0 Å². The minimum atomic E-state index is -1.14. The van der Waals surface area contributed by atoms with Gasteiger partial charge in [0.15, 0.2) is 0 Å². The summed E-state index contributed by atoms with van der Waals surface area (Å²) in [7, 11) is 0. The van der Waals surface area contributed by atoms with Gasteiger partial charge in [0.2, 0.25) is 5.91 Å². The SMILES string of the molecule is CC(C)CN(CC(=O)O)C(=O)Cc1cc(F)ccc1F. The van der Waals surface area contributed by atoms with Crippen molar-refractivity contribution >= 4 is 11.9 Å². The van der Waals surface area contributed by atoms with Crippen molar-refractivity contribution < 1.29 is 23.5 Å². The number of halogens is 2. The van der Waals surface area contributed by atoms with E-state index in [0.717, 1.165) is 23.1 Å². The van der Waals surface area contributed by atoms with Gasteiger partial charge in [0.25, 0.3) is 0 Å². The molecule has 0 atom stereocenters. The third-order valence-corrected chi connectivity index (χ3v) is 2.61. The zero-order chi connectivity index (χ0) is 15.3. The average Bonchev–Trinajstić information content (AvgIpc) is 2.31. The molecule has 1 rings (SSSR count). The Morgan fingerprint density at radius 3 is 2.50 bits per heavy atom. The largest absolute Gasteiger partial charge is 0.480 e. The lowest BCUT2D eigenvalue weighted by Crippen LogP contribution is -2.39. The summed E-state index contributed by atoms with van der Waals surface area (Å²) in [6.07, 6.45) is -0.358. The Morgan fingerprint density at radius 1 is 1.30 bits per heavy atom. The summed E-state index contributed by atoms with van der Waals surface area (Å²) in [5, 5.41) is 8.78. The Labute approximate surface area is 116 Å². The molecule has 0 spiro atoms. The molecule has 0 aliphatic rings. The molecule has 0 fully saturated rings. The van der Waals surface area contributed by atoms with Gasteiger partial charge in [0, 0.05) is 12.1 Å². The molecule has 1 amide bonds. The summed E-state index contributed by atoms with van der Waals surface area (Å²) in [6, 6.07) is 2.86. The van der Waals surface area contributed by atoms with Crippen LogP contribution in [0.25, 0.3) is 0 Å². The summed E-state index contributed by atoms with van der Waals surface area (Å²) >= 11 is 0. The van der Waals surface area contributed by atoms with Crippen molar-refractivity contribution in [3.8, 4) is 0 Å². The maximum atomic E-state index is 13.5. The Balaban J connectivity index is 2.84. The van der Waals surface area contributed by atoms with E-state index < -0.39 is 30.1 Å². The van der Waals surface area contributed by atoms with Crippen LogP contribution in [0.4, 0.5) is 8.78 Å². The van der Waals surface area contributed by atoms with E-state index in [1.54, 1.807) is 0 Å². The lowest BCUT2D eigenvalue weighted by atomic mass is 10.1. The molecular weight excluding hydrogens is 268 g/mol. The van der Waals surface area contributed by atoms with Gasteiger partial charge in [-0.15, -0.1) is 0 Å². The van der Waals surface area contributed by atoms with Crippen molar-refractivity contribution in [1.82, 2.24) is 4.90 Å². The van der Waals surface area contributed by atoms with E-state index in [0.29, 0.717) is 0 Å². The Hall–Kier alpha value is -1.98. The number of benzene rings is 1. The smallest absolute Gasteiger partial charge is 0.323 e. The summed E-state index contributed by atoms with van der Waals surface area (Å²) in [4.78, 5) is 23.9. The number of carboxylic acids is 1. The maximum Gasteiger partial charge on any atom is 0.323 e. The van der Waals surface area contributed by atoms with Crippen molar-refractivity contribution in [2.75, 3.05) is 13.1 Å². The highest BCUT2D eigenvalue weighted by Crippen LogP contribution is 2.12. The van der Waals surface area contributed by atoms with Crippen LogP contribution in [0.2, 0.25) is 0 Å². The van der Waals surface area contributed by atoms with Gasteiger partial charge in [-0.25, -0.2) is 8.78 Å². The van der Waals surface area contributed by atoms with Crippen LogP contribution in [0.3, 0.4) is 0 Å². The van der Waals surface area contributed by atoms with Gasteiger partial charge in [-0.05, 0) is 24.1 Å². The Bertz CT molecular complexity index is 503. The second kappa shape index (κ2) is 6.98. The Morgan fingerprint density at radius 2 is 1.95 bits per heavy atom. The van der Waals surface area contributed by atoms with E-state index >= 15 is 0 Å². The highest BCUT2D eigenvalue weighted by molar-refractivity contribution is 5.83. The molecule has 110 valence electrons. The molecule has 0 aliphatic heterocycles. The lowest BCUT2D eigenvalue weighted by molar-refractivity contribution is -0.144. The fraction of sp³-hybridized carbons (Fsp3) is 0.429. The minimum absolute atomic E-state index is 0.0749. The van der Waals surface area contributed by atoms with Crippen LogP contribution >= 0.6 is 0 Å². The molecule has 0 bridgehead atoms. The van der Waals surface area contributed by atoms with E-state index in [9.17, 15) is 18.4 Å². The molecule has 1 N–H and O–H groups in total. The number of hydrogen-bond donors (Lipinski definition) is 1. The zero-order valence-electron chi connectivity index (χ0n) is 11.4. The van der Waals surface area contributed by atoms with Crippen molar-refractivity contribution in [3.05, 3.63) is 35.4 Å². The molecule has 0 saturated carbocycles. The van der Waals surface area contributed by atoms with E-state index in [-0.39, 0.29) is 24.4 Å². The topological polar surface area (TPSA) is 57.6 Å². The van der Waals surface area contributed by atoms with Gasteiger partial charge < -0.3 is 10.0 Å².